The number of anilines is 1. The van der Waals surface area contributed by atoms with Gasteiger partial charge in [0.2, 0.25) is 11.8 Å². The molecule has 5 amide bonds. The molecule has 5 aliphatic heterocycles. The maximum Gasteiger partial charge on any atom is 0.262 e. The average Bonchev–Trinajstić information content (AvgIpc) is 3.70. The van der Waals surface area contributed by atoms with Crippen LogP contribution in [0, 0.1) is 16.7 Å². The molecule has 282 valence electrons. The fourth-order valence-corrected chi connectivity index (χ4v) is 9.73. The van der Waals surface area contributed by atoms with Crippen LogP contribution < -0.4 is 15.0 Å². The normalized spacial score (nSPS) is 22.7. The Labute approximate surface area is 323 Å². The zero-order chi connectivity index (χ0) is 38.0. The maximum absolute atomic E-state index is 13.5. The molecule has 1 atom stereocenters. The summed E-state index contributed by atoms with van der Waals surface area (Å²) in [7, 11) is 0. The van der Waals surface area contributed by atoms with Crippen molar-refractivity contribution in [2.24, 2.45) is 5.41 Å². The summed E-state index contributed by atoms with van der Waals surface area (Å²) in [6.07, 6.45) is 6.19. The van der Waals surface area contributed by atoms with Gasteiger partial charge >= 0.3 is 0 Å². The highest BCUT2D eigenvalue weighted by Gasteiger charge is 2.47. The number of rotatable bonds is 6. The van der Waals surface area contributed by atoms with E-state index in [1.54, 1.807) is 18.2 Å². The first-order chi connectivity index (χ1) is 26.6. The zero-order valence-electron chi connectivity index (χ0n) is 30.4. The molecule has 1 N–H and O–H groups in total. The SMILES string of the molecule is N#Cc1ccc(N2CC3(CCC(Oc4ccc(C(=O)N5CCC(N6Cc7cc8c(cc7C6)C(=O)N(C6CCC(=O)NC6=O)C8=O)CC5)cc4)CC3)C2)cc1Cl. The lowest BCUT2D eigenvalue weighted by atomic mass is 9.67. The smallest absolute Gasteiger partial charge is 0.262 e. The Morgan fingerprint density at radius 3 is 2.11 bits per heavy atom. The first-order valence-electron chi connectivity index (χ1n) is 19.2. The zero-order valence-corrected chi connectivity index (χ0v) is 31.1. The van der Waals surface area contributed by atoms with Crippen molar-refractivity contribution in [1.82, 2.24) is 20.0 Å². The predicted molar refractivity (Wildman–Crippen MR) is 201 cm³/mol. The van der Waals surface area contributed by atoms with Crippen LogP contribution in [0.25, 0.3) is 0 Å². The summed E-state index contributed by atoms with van der Waals surface area (Å²) in [4.78, 5) is 71.8. The van der Waals surface area contributed by atoms with Gasteiger partial charge in [-0.25, -0.2) is 0 Å². The van der Waals surface area contributed by atoms with Crippen molar-refractivity contribution in [3.8, 4) is 11.8 Å². The fourth-order valence-electron chi connectivity index (χ4n) is 9.51. The van der Waals surface area contributed by atoms with E-state index in [4.69, 9.17) is 21.6 Å². The summed E-state index contributed by atoms with van der Waals surface area (Å²) in [5.41, 5.74) is 5.13. The van der Waals surface area contributed by atoms with E-state index in [-0.39, 0.29) is 30.9 Å². The molecular weight excluding hydrogens is 720 g/mol. The third-order valence-electron chi connectivity index (χ3n) is 12.7. The van der Waals surface area contributed by atoms with Crippen LogP contribution in [0.4, 0.5) is 5.69 Å². The highest BCUT2D eigenvalue weighted by molar-refractivity contribution is 6.32. The lowest BCUT2D eigenvalue weighted by molar-refractivity contribution is -0.136. The van der Waals surface area contributed by atoms with E-state index in [1.807, 2.05) is 41.3 Å². The maximum atomic E-state index is 13.5. The number of hydrogen-bond donors (Lipinski definition) is 1. The molecule has 9 rings (SSSR count). The molecule has 12 nitrogen and oxygen atoms in total. The molecule has 3 saturated heterocycles. The Kier molecular flexibility index (Phi) is 8.89. The van der Waals surface area contributed by atoms with E-state index < -0.39 is 29.7 Å². The molecule has 1 unspecified atom stereocenters. The van der Waals surface area contributed by atoms with E-state index in [0.717, 1.165) is 79.1 Å². The molecule has 1 aliphatic carbocycles. The molecule has 4 fully saturated rings. The first kappa shape index (κ1) is 35.5. The summed E-state index contributed by atoms with van der Waals surface area (Å²) in [6.45, 7) is 4.56. The minimum absolute atomic E-state index is 0.0152. The third-order valence-corrected chi connectivity index (χ3v) is 13.0. The van der Waals surface area contributed by atoms with Crippen LogP contribution in [-0.4, -0.2) is 88.6 Å². The minimum Gasteiger partial charge on any atom is -0.490 e. The molecule has 0 radical (unpaired) electrons. The van der Waals surface area contributed by atoms with E-state index in [2.05, 4.69) is 21.2 Å². The van der Waals surface area contributed by atoms with Crippen LogP contribution in [0.5, 0.6) is 5.75 Å². The molecule has 1 spiro atoms. The number of nitriles is 1. The summed E-state index contributed by atoms with van der Waals surface area (Å²) in [5, 5.41) is 11.9. The lowest BCUT2D eigenvalue weighted by Gasteiger charge is -2.54. The number of imide groups is 2. The summed E-state index contributed by atoms with van der Waals surface area (Å²) >= 11 is 6.26. The van der Waals surface area contributed by atoms with Crippen LogP contribution in [0.15, 0.2) is 54.6 Å². The number of carbonyl (C=O) groups is 5. The summed E-state index contributed by atoms with van der Waals surface area (Å²) < 4.78 is 6.37. The van der Waals surface area contributed by atoms with Gasteiger partial charge in [0.05, 0.1) is 27.8 Å². The number of amides is 5. The van der Waals surface area contributed by atoms with Gasteiger partial charge in [0, 0.05) is 68.4 Å². The molecule has 6 aliphatic rings. The number of hydrogen-bond acceptors (Lipinski definition) is 9. The van der Waals surface area contributed by atoms with Crippen molar-refractivity contribution in [3.05, 3.63) is 93.0 Å². The van der Waals surface area contributed by atoms with Gasteiger partial charge in [-0.15, -0.1) is 0 Å². The second-order valence-electron chi connectivity index (χ2n) is 16.0. The Bertz CT molecular complexity index is 2110. The van der Waals surface area contributed by atoms with Crippen molar-refractivity contribution in [3.63, 3.8) is 0 Å². The molecule has 55 heavy (non-hydrogen) atoms. The van der Waals surface area contributed by atoms with Crippen molar-refractivity contribution < 1.29 is 28.7 Å². The van der Waals surface area contributed by atoms with Crippen molar-refractivity contribution in [2.75, 3.05) is 31.1 Å². The Morgan fingerprint density at radius 1 is 0.855 bits per heavy atom. The number of nitrogens with one attached hydrogen (secondary N) is 1. The topological polar surface area (TPSA) is 143 Å². The Morgan fingerprint density at radius 2 is 1.51 bits per heavy atom. The van der Waals surface area contributed by atoms with E-state index in [1.165, 1.54) is 0 Å². The van der Waals surface area contributed by atoms with E-state index in [9.17, 15) is 24.0 Å². The average molecular weight is 761 g/mol. The van der Waals surface area contributed by atoms with Gasteiger partial charge in [-0.2, -0.15) is 5.26 Å². The number of halogens is 1. The summed E-state index contributed by atoms with van der Waals surface area (Å²) in [5.74, 6) is -1.18. The van der Waals surface area contributed by atoms with Gasteiger partial charge in [0.25, 0.3) is 17.7 Å². The van der Waals surface area contributed by atoms with Gasteiger partial charge in [-0.05, 0) is 111 Å². The minimum atomic E-state index is -0.977. The fraction of sp³-hybridized carbons (Fsp3) is 0.429. The second-order valence-corrected chi connectivity index (χ2v) is 16.4. The van der Waals surface area contributed by atoms with Crippen LogP contribution in [0.3, 0.4) is 0 Å². The van der Waals surface area contributed by atoms with E-state index in [0.29, 0.717) is 58.9 Å². The first-order valence-corrected chi connectivity index (χ1v) is 19.6. The van der Waals surface area contributed by atoms with E-state index >= 15 is 0 Å². The number of fused-ring (bicyclic) bond motifs is 2. The molecular formula is C42H41ClN6O6. The van der Waals surface area contributed by atoms with Crippen molar-refractivity contribution in [2.45, 2.75) is 82.6 Å². The molecule has 3 aromatic carbocycles. The van der Waals surface area contributed by atoms with Crippen molar-refractivity contribution >= 4 is 46.8 Å². The molecule has 0 bridgehead atoms. The highest BCUT2D eigenvalue weighted by Crippen LogP contribution is 2.46. The lowest BCUT2D eigenvalue weighted by Crippen LogP contribution is -2.58. The Hall–Kier alpha value is -5.25. The van der Waals surface area contributed by atoms with Crippen molar-refractivity contribution in [1.29, 1.82) is 5.26 Å². The number of benzene rings is 3. The van der Waals surface area contributed by atoms with Gasteiger partial charge in [0.15, 0.2) is 0 Å². The molecule has 13 heteroatoms. The third kappa shape index (κ3) is 6.43. The molecule has 5 heterocycles. The number of piperidine rings is 2. The van der Waals surface area contributed by atoms with Crippen LogP contribution in [0.2, 0.25) is 5.02 Å². The second kappa shape index (κ2) is 13.8. The van der Waals surface area contributed by atoms with Crippen LogP contribution >= 0.6 is 11.6 Å². The monoisotopic (exact) mass is 760 g/mol. The number of carbonyl (C=O) groups excluding carboxylic acids is 5. The van der Waals surface area contributed by atoms with Gasteiger partial charge in [-0.3, -0.25) is 39.1 Å². The van der Waals surface area contributed by atoms with Crippen LogP contribution in [0.1, 0.15) is 99.1 Å². The van der Waals surface area contributed by atoms with Gasteiger partial charge in [-0.1, -0.05) is 11.6 Å². The number of likely N-dealkylation sites (tertiary alicyclic amines) is 1. The van der Waals surface area contributed by atoms with Gasteiger partial charge in [0.1, 0.15) is 17.9 Å². The molecule has 1 saturated carbocycles. The largest absolute Gasteiger partial charge is 0.490 e. The molecule has 3 aromatic rings. The van der Waals surface area contributed by atoms with Gasteiger partial charge < -0.3 is 14.5 Å². The highest BCUT2D eigenvalue weighted by atomic mass is 35.5. The summed E-state index contributed by atoms with van der Waals surface area (Å²) in [6, 6.07) is 18.2. The Balaban J connectivity index is 0.737. The van der Waals surface area contributed by atoms with Crippen LogP contribution in [-0.2, 0) is 22.7 Å². The molecule has 0 aromatic heterocycles. The number of nitrogens with zero attached hydrogens (tertiary/aromatic N) is 5. The quantitative estimate of drug-likeness (QED) is 0.341. The standard InChI is InChI=1S/C42H41ClN6O6/c43-35-19-30(4-1-26(35)20-44)48-23-42(24-48)13-9-32(10-14-42)55-31-5-2-25(3-6-31)39(52)46-15-11-29(12-16-46)47-21-27-17-33-34(18-28(27)22-47)41(54)49(40(33)53)36-7-8-37(50)45-38(36)51/h1-6,17-19,29,32,36H,7-16,21-24H2,(H,45,50,51). The predicted octanol–water partition coefficient (Wildman–Crippen LogP) is 5.06. The number of ether oxygens (including phenoxy) is 1.